The molecule has 0 aliphatic heterocycles. The zero-order valence-corrected chi connectivity index (χ0v) is 21.2. The lowest BCUT2D eigenvalue weighted by molar-refractivity contribution is 0.580. The Hall–Kier alpha value is -3.80. The van der Waals surface area contributed by atoms with Crippen molar-refractivity contribution in [3.63, 3.8) is 0 Å². The fourth-order valence-electron chi connectivity index (χ4n) is 3.79. The second kappa shape index (κ2) is 10.1. The number of hydrogen-bond donors (Lipinski definition) is 3. The summed E-state index contributed by atoms with van der Waals surface area (Å²) in [7, 11) is -3.53. The number of nitrogens with one attached hydrogen (secondary N) is 2. The van der Waals surface area contributed by atoms with Gasteiger partial charge in [0.05, 0.1) is 16.3 Å². The number of nitrogens with two attached hydrogens (primary N) is 1. The van der Waals surface area contributed by atoms with E-state index in [1.807, 2.05) is 53.2 Å². The Balaban J connectivity index is 1.28. The normalized spacial score (nSPS) is 11.7. The minimum Gasteiger partial charge on any atom is -0.399 e. The van der Waals surface area contributed by atoms with Crippen molar-refractivity contribution in [3.05, 3.63) is 77.9 Å². The van der Waals surface area contributed by atoms with Crippen LogP contribution in [0.2, 0.25) is 0 Å². The third-order valence-electron chi connectivity index (χ3n) is 5.58. The van der Waals surface area contributed by atoms with Crippen LogP contribution in [0.5, 0.6) is 0 Å². The first-order valence-corrected chi connectivity index (χ1v) is 13.7. The number of fused-ring (bicyclic) bond motifs is 1. The summed E-state index contributed by atoms with van der Waals surface area (Å²) in [5.41, 5.74) is 11.0. The van der Waals surface area contributed by atoms with E-state index < -0.39 is 10.0 Å². The number of nitrogens with zero attached hydrogens (tertiary/aromatic N) is 4. The monoisotopic (exact) mass is 519 g/mol. The zero-order chi connectivity index (χ0) is 25.1. The van der Waals surface area contributed by atoms with Gasteiger partial charge in [0, 0.05) is 42.1 Å². The molecule has 0 saturated heterocycles. The van der Waals surface area contributed by atoms with Crippen LogP contribution in [0.4, 0.5) is 11.6 Å². The quantitative estimate of drug-likeness (QED) is 0.197. The number of thiazole rings is 1. The summed E-state index contributed by atoms with van der Waals surface area (Å²) in [4.78, 5) is 15.0. The van der Waals surface area contributed by atoms with Gasteiger partial charge in [-0.1, -0.05) is 29.8 Å². The Morgan fingerprint density at radius 2 is 1.89 bits per heavy atom. The van der Waals surface area contributed by atoms with E-state index in [4.69, 9.17) is 15.7 Å². The van der Waals surface area contributed by atoms with Gasteiger partial charge in [0.25, 0.3) is 0 Å². The van der Waals surface area contributed by atoms with Crippen molar-refractivity contribution in [3.8, 4) is 22.6 Å². The molecule has 9 nitrogen and oxygen atoms in total. The number of rotatable bonds is 9. The Labute approximate surface area is 213 Å². The molecule has 0 aliphatic rings. The molecule has 5 aromatic rings. The number of anilines is 2. The van der Waals surface area contributed by atoms with Crippen LogP contribution in [0, 0.1) is 6.92 Å². The first-order valence-electron chi connectivity index (χ1n) is 11.4. The van der Waals surface area contributed by atoms with Crippen molar-refractivity contribution >= 4 is 38.0 Å². The Morgan fingerprint density at radius 3 is 2.69 bits per heavy atom. The Kier molecular flexibility index (Phi) is 6.68. The number of sulfonamides is 1. The maximum absolute atomic E-state index is 12.4. The third-order valence-corrected chi connectivity index (χ3v) is 7.81. The molecule has 0 aliphatic carbocycles. The molecule has 0 radical (unpaired) electrons. The number of nitrogen functional groups attached to an aromatic ring is 1. The van der Waals surface area contributed by atoms with Crippen LogP contribution >= 0.6 is 11.3 Å². The fourth-order valence-corrected chi connectivity index (χ4v) is 5.58. The molecule has 11 heteroatoms. The first-order chi connectivity index (χ1) is 17.4. The lowest BCUT2D eigenvalue weighted by Crippen LogP contribution is -2.26. The lowest BCUT2D eigenvalue weighted by atomic mass is 10.1. The molecule has 0 saturated carbocycles. The van der Waals surface area contributed by atoms with Crippen LogP contribution in [-0.4, -0.2) is 40.9 Å². The van der Waals surface area contributed by atoms with E-state index in [1.165, 1.54) is 0 Å². The molecular formula is C25H25N7O2S2. The van der Waals surface area contributed by atoms with Gasteiger partial charge in [-0.05, 0) is 43.7 Å². The SMILES string of the molecule is Cc1ccc(S(=O)(=O)NCCCNc2nccc(-c3c(-c4cccc(N)c4)nc4sccn34)n2)cc1. The molecule has 0 unspecified atom stereocenters. The first kappa shape index (κ1) is 23.9. The topological polar surface area (TPSA) is 127 Å². The maximum Gasteiger partial charge on any atom is 0.240 e. The van der Waals surface area contributed by atoms with Crippen molar-refractivity contribution < 1.29 is 8.42 Å². The lowest BCUT2D eigenvalue weighted by Gasteiger charge is -2.09. The summed E-state index contributed by atoms with van der Waals surface area (Å²) in [5.74, 6) is 0.456. The highest BCUT2D eigenvalue weighted by atomic mass is 32.2. The van der Waals surface area contributed by atoms with E-state index >= 15 is 0 Å². The van der Waals surface area contributed by atoms with Crippen LogP contribution in [0.3, 0.4) is 0 Å². The maximum atomic E-state index is 12.4. The molecule has 2 aromatic carbocycles. The van der Waals surface area contributed by atoms with Gasteiger partial charge in [0.1, 0.15) is 5.69 Å². The number of imidazole rings is 1. The van der Waals surface area contributed by atoms with E-state index in [0.29, 0.717) is 31.1 Å². The Morgan fingerprint density at radius 1 is 1.06 bits per heavy atom. The third kappa shape index (κ3) is 5.08. The predicted octanol–water partition coefficient (Wildman–Crippen LogP) is 4.19. The average Bonchev–Trinajstić information content (AvgIpc) is 3.46. The summed E-state index contributed by atoms with van der Waals surface area (Å²) in [6.45, 7) is 2.71. The number of benzene rings is 2. The largest absolute Gasteiger partial charge is 0.399 e. The Bertz CT molecular complexity index is 1610. The van der Waals surface area contributed by atoms with Gasteiger partial charge in [-0.15, -0.1) is 11.3 Å². The highest BCUT2D eigenvalue weighted by Gasteiger charge is 2.19. The van der Waals surface area contributed by atoms with E-state index in [0.717, 1.165) is 33.2 Å². The van der Waals surface area contributed by atoms with Crippen molar-refractivity contribution in [1.29, 1.82) is 0 Å². The summed E-state index contributed by atoms with van der Waals surface area (Å²) >= 11 is 1.55. The van der Waals surface area contributed by atoms with Gasteiger partial charge in [-0.25, -0.2) is 28.1 Å². The second-order valence-electron chi connectivity index (χ2n) is 8.25. The van der Waals surface area contributed by atoms with Crippen molar-refractivity contribution in [2.24, 2.45) is 0 Å². The number of aryl methyl sites for hydroxylation is 1. The summed E-state index contributed by atoms with van der Waals surface area (Å²) in [6.07, 6.45) is 4.22. The van der Waals surface area contributed by atoms with Crippen molar-refractivity contribution in [1.82, 2.24) is 24.1 Å². The summed E-state index contributed by atoms with van der Waals surface area (Å²) in [5, 5.41) is 5.17. The molecule has 0 bridgehead atoms. The van der Waals surface area contributed by atoms with E-state index in [-0.39, 0.29) is 4.90 Å². The van der Waals surface area contributed by atoms with Gasteiger partial charge in [0.15, 0.2) is 4.96 Å². The number of aromatic nitrogens is 4. The van der Waals surface area contributed by atoms with Crippen LogP contribution < -0.4 is 15.8 Å². The van der Waals surface area contributed by atoms with E-state index in [1.54, 1.807) is 41.8 Å². The molecule has 5 rings (SSSR count). The van der Waals surface area contributed by atoms with Crippen LogP contribution in [0.1, 0.15) is 12.0 Å². The average molecular weight is 520 g/mol. The molecule has 184 valence electrons. The molecule has 0 atom stereocenters. The van der Waals surface area contributed by atoms with Gasteiger partial charge >= 0.3 is 0 Å². The molecule has 0 spiro atoms. The van der Waals surface area contributed by atoms with E-state index in [2.05, 4.69) is 15.0 Å². The van der Waals surface area contributed by atoms with Gasteiger partial charge < -0.3 is 11.1 Å². The van der Waals surface area contributed by atoms with Gasteiger partial charge in [-0.2, -0.15) is 0 Å². The van der Waals surface area contributed by atoms with Gasteiger partial charge in [0.2, 0.25) is 16.0 Å². The number of hydrogen-bond acceptors (Lipinski definition) is 8. The van der Waals surface area contributed by atoms with Crippen molar-refractivity contribution in [2.45, 2.75) is 18.2 Å². The molecule has 3 aromatic heterocycles. The van der Waals surface area contributed by atoms with Crippen LogP contribution in [0.25, 0.3) is 27.6 Å². The molecule has 0 amide bonds. The minimum absolute atomic E-state index is 0.258. The highest BCUT2D eigenvalue weighted by Crippen LogP contribution is 2.34. The van der Waals surface area contributed by atoms with E-state index in [9.17, 15) is 8.42 Å². The molecule has 36 heavy (non-hydrogen) atoms. The van der Waals surface area contributed by atoms with Crippen molar-refractivity contribution in [2.75, 3.05) is 24.1 Å². The predicted molar refractivity (Wildman–Crippen MR) is 143 cm³/mol. The smallest absolute Gasteiger partial charge is 0.240 e. The second-order valence-corrected chi connectivity index (χ2v) is 10.9. The van der Waals surface area contributed by atoms with Crippen LogP contribution in [0.15, 0.2) is 77.3 Å². The standard InChI is InChI=1S/C25H25N7O2S2/c1-17-6-8-20(9-7-17)36(33,34)29-12-3-11-27-24-28-13-10-21(30-24)23-22(18-4-2-5-19(26)16-18)31-25-32(23)14-15-35-25/h2,4-10,13-16,29H,3,11-12,26H2,1H3,(H,27,28,30). The summed E-state index contributed by atoms with van der Waals surface area (Å²) in [6, 6.07) is 16.2. The highest BCUT2D eigenvalue weighted by molar-refractivity contribution is 7.89. The molecule has 0 fully saturated rings. The van der Waals surface area contributed by atoms with Gasteiger partial charge in [-0.3, -0.25) is 4.40 Å². The zero-order valence-electron chi connectivity index (χ0n) is 19.5. The summed E-state index contributed by atoms with van der Waals surface area (Å²) < 4.78 is 29.5. The minimum atomic E-state index is -3.53. The fraction of sp³-hybridized carbons (Fsp3) is 0.160. The molecule has 3 heterocycles. The molecular weight excluding hydrogens is 494 g/mol. The molecule has 4 N–H and O–H groups in total. The van der Waals surface area contributed by atoms with Crippen LogP contribution in [-0.2, 0) is 10.0 Å².